The Morgan fingerprint density at radius 3 is 2.50 bits per heavy atom. The lowest BCUT2D eigenvalue weighted by atomic mass is 10.3. The molecule has 1 amide bonds. The Labute approximate surface area is 192 Å². The second-order valence-corrected chi connectivity index (χ2v) is 11.1. The first-order chi connectivity index (χ1) is 15.3. The zero-order valence-electron chi connectivity index (χ0n) is 18.3. The number of carbonyl (C=O) groups is 1. The summed E-state index contributed by atoms with van der Waals surface area (Å²) in [6.45, 7) is 8.47. The molecule has 0 saturated carbocycles. The molecule has 174 valence electrons. The summed E-state index contributed by atoms with van der Waals surface area (Å²) >= 11 is 1.20. The van der Waals surface area contributed by atoms with E-state index in [1.165, 1.54) is 22.6 Å². The van der Waals surface area contributed by atoms with Crippen molar-refractivity contribution < 1.29 is 17.9 Å². The number of thiophene rings is 1. The first-order valence-corrected chi connectivity index (χ1v) is 12.9. The van der Waals surface area contributed by atoms with E-state index in [1.54, 1.807) is 12.1 Å². The molecule has 10 nitrogen and oxygen atoms in total. The van der Waals surface area contributed by atoms with E-state index in [-0.39, 0.29) is 5.91 Å². The van der Waals surface area contributed by atoms with Crippen molar-refractivity contribution in [1.82, 2.24) is 19.6 Å². The van der Waals surface area contributed by atoms with Crippen LogP contribution < -0.4 is 15.1 Å². The molecule has 0 atom stereocenters. The number of amides is 1. The van der Waals surface area contributed by atoms with Crippen LogP contribution in [0.15, 0.2) is 22.4 Å². The van der Waals surface area contributed by atoms with Gasteiger partial charge in [-0.25, -0.2) is 13.4 Å². The van der Waals surface area contributed by atoms with Crippen LogP contribution in [0.5, 0.6) is 0 Å². The second kappa shape index (κ2) is 9.69. The minimum atomic E-state index is -3.56. The molecule has 2 aromatic heterocycles. The molecule has 0 aliphatic carbocycles. The van der Waals surface area contributed by atoms with Gasteiger partial charge in [0, 0.05) is 62.8 Å². The van der Waals surface area contributed by atoms with Crippen molar-refractivity contribution in [3.63, 3.8) is 0 Å². The lowest BCUT2D eigenvalue weighted by Gasteiger charge is -2.35. The molecule has 0 bridgehead atoms. The summed E-state index contributed by atoms with van der Waals surface area (Å²) in [5.74, 6) is 1.38. The molecule has 4 rings (SSSR count). The van der Waals surface area contributed by atoms with Crippen LogP contribution in [-0.2, 0) is 26.1 Å². The number of hydrogen-bond acceptors (Lipinski definition) is 9. The van der Waals surface area contributed by atoms with E-state index in [0.717, 1.165) is 29.5 Å². The Balaban J connectivity index is 1.41. The van der Waals surface area contributed by atoms with E-state index in [0.29, 0.717) is 56.1 Å². The topological polar surface area (TPSA) is 108 Å². The lowest BCUT2D eigenvalue weighted by Crippen LogP contribution is -2.49. The number of sulfonamides is 1. The van der Waals surface area contributed by atoms with Gasteiger partial charge < -0.3 is 19.9 Å². The Morgan fingerprint density at radius 1 is 1.09 bits per heavy atom. The lowest BCUT2D eigenvalue weighted by molar-refractivity contribution is -0.119. The van der Waals surface area contributed by atoms with Gasteiger partial charge in [0.15, 0.2) is 0 Å². The average Bonchev–Trinajstić information content (AvgIpc) is 3.28. The zero-order valence-corrected chi connectivity index (χ0v) is 19.9. The van der Waals surface area contributed by atoms with Gasteiger partial charge in [-0.15, -0.1) is 11.3 Å². The van der Waals surface area contributed by atoms with Crippen LogP contribution in [0.3, 0.4) is 0 Å². The van der Waals surface area contributed by atoms with Gasteiger partial charge in [-0.1, -0.05) is 0 Å². The van der Waals surface area contributed by atoms with Crippen molar-refractivity contribution in [3.05, 3.63) is 28.8 Å². The quantitative estimate of drug-likeness (QED) is 0.648. The molecular weight excluding hydrogens is 452 g/mol. The monoisotopic (exact) mass is 480 g/mol. The molecule has 4 heterocycles. The highest BCUT2D eigenvalue weighted by Crippen LogP contribution is 2.27. The number of hydrogen-bond donors (Lipinski definition) is 1. The number of nitrogens with one attached hydrogen (secondary N) is 1. The van der Waals surface area contributed by atoms with E-state index in [1.807, 2.05) is 13.0 Å². The number of anilines is 2. The fourth-order valence-corrected chi connectivity index (χ4v) is 6.56. The van der Waals surface area contributed by atoms with Crippen LogP contribution in [0.4, 0.5) is 11.8 Å². The molecule has 12 heteroatoms. The van der Waals surface area contributed by atoms with Crippen molar-refractivity contribution >= 4 is 39.0 Å². The molecule has 2 aliphatic heterocycles. The van der Waals surface area contributed by atoms with Gasteiger partial charge in [0.05, 0.1) is 19.8 Å². The van der Waals surface area contributed by atoms with E-state index in [9.17, 15) is 13.2 Å². The van der Waals surface area contributed by atoms with Crippen LogP contribution in [0.2, 0.25) is 0 Å². The van der Waals surface area contributed by atoms with E-state index >= 15 is 0 Å². The second-order valence-electron chi connectivity index (χ2n) is 7.79. The summed E-state index contributed by atoms with van der Waals surface area (Å²) in [5.41, 5.74) is 0.886. The van der Waals surface area contributed by atoms with Gasteiger partial charge in [0.2, 0.25) is 11.9 Å². The Bertz CT molecular complexity index is 1060. The molecular formula is C20H28N6O4S2. The van der Waals surface area contributed by atoms with Gasteiger partial charge in [-0.3, -0.25) is 4.79 Å². The molecule has 2 saturated heterocycles. The van der Waals surface area contributed by atoms with Gasteiger partial charge in [0.1, 0.15) is 10.0 Å². The number of rotatable bonds is 6. The molecule has 1 N–H and O–H groups in total. The van der Waals surface area contributed by atoms with Crippen molar-refractivity contribution in [2.24, 2.45) is 0 Å². The van der Waals surface area contributed by atoms with Gasteiger partial charge in [0.25, 0.3) is 10.0 Å². The van der Waals surface area contributed by atoms with Gasteiger partial charge in [-0.2, -0.15) is 9.29 Å². The van der Waals surface area contributed by atoms with E-state index in [2.05, 4.69) is 20.1 Å². The third kappa shape index (κ3) is 5.20. The third-order valence-electron chi connectivity index (χ3n) is 5.43. The zero-order chi connectivity index (χ0) is 22.7. The van der Waals surface area contributed by atoms with E-state index in [4.69, 9.17) is 9.72 Å². The van der Waals surface area contributed by atoms with Crippen LogP contribution in [0, 0.1) is 6.92 Å². The van der Waals surface area contributed by atoms with Crippen molar-refractivity contribution in [1.29, 1.82) is 0 Å². The Morgan fingerprint density at radius 2 is 1.81 bits per heavy atom. The first kappa shape index (κ1) is 22.9. The number of piperazine rings is 1. The average molecular weight is 481 g/mol. The molecule has 2 aromatic rings. The maximum atomic E-state index is 13.1. The number of ether oxygens (including phenoxy) is 1. The number of aryl methyl sites for hydroxylation is 1. The minimum Gasteiger partial charge on any atom is -0.378 e. The van der Waals surface area contributed by atoms with Crippen LogP contribution >= 0.6 is 11.3 Å². The number of morpholine rings is 1. The minimum absolute atomic E-state index is 0.143. The molecule has 0 unspecified atom stereocenters. The summed E-state index contributed by atoms with van der Waals surface area (Å²) in [4.78, 5) is 25.5. The van der Waals surface area contributed by atoms with Crippen molar-refractivity contribution in [2.75, 3.05) is 62.3 Å². The summed E-state index contributed by atoms with van der Waals surface area (Å²) in [5, 5.41) is 2.70. The maximum Gasteiger partial charge on any atom is 0.252 e. The number of nitrogens with zero attached hydrogens (tertiary/aromatic N) is 5. The van der Waals surface area contributed by atoms with E-state index < -0.39 is 10.0 Å². The van der Waals surface area contributed by atoms with Crippen molar-refractivity contribution in [3.8, 4) is 0 Å². The summed E-state index contributed by atoms with van der Waals surface area (Å²) in [7, 11) is -3.56. The van der Waals surface area contributed by atoms with Gasteiger partial charge >= 0.3 is 0 Å². The predicted octanol–water partition coefficient (Wildman–Crippen LogP) is 0.830. The van der Waals surface area contributed by atoms with Crippen molar-refractivity contribution in [2.45, 2.75) is 24.6 Å². The SMILES string of the molecule is CC(=O)NCc1ccc(S(=O)(=O)N2CCN(c3cc(C)nc(N4CCOCC4)n3)CC2)s1. The largest absolute Gasteiger partial charge is 0.378 e. The summed E-state index contributed by atoms with van der Waals surface area (Å²) in [6.07, 6.45) is 0. The highest BCUT2D eigenvalue weighted by atomic mass is 32.2. The Kier molecular flexibility index (Phi) is 6.93. The normalized spacial score (nSPS) is 18.1. The van der Waals surface area contributed by atoms with Gasteiger partial charge in [-0.05, 0) is 19.1 Å². The Hall–Kier alpha value is -2.28. The standard InChI is InChI=1S/C20H28N6O4S2/c1-15-13-18(23-20(22-15)25-9-11-30-12-10-25)24-5-7-26(8-6-24)32(28,29)19-4-3-17(31-19)14-21-16(2)27/h3-4,13H,5-12,14H2,1-2H3,(H,21,27). The number of aromatic nitrogens is 2. The third-order valence-corrected chi connectivity index (χ3v) is 8.88. The number of carbonyl (C=O) groups excluding carboxylic acids is 1. The molecule has 32 heavy (non-hydrogen) atoms. The smallest absolute Gasteiger partial charge is 0.252 e. The fraction of sp³-hybridized carbons (Fsp3) is 0.550. The van der Waals surface area contributed by atoms with Crippen LogP contribution in [0.25, 0.3) is 0 Å². The van der Waals surface area contributed by atoms with Crippen LogP contribution in [-0.4, -0.2) is 81.1 Å². The first-order valence-electron chi connectivity index (χ1n) is 10.6. The molecule has 0 radical (unpaired) electrons. The molecule has 2 fully saturated rings. The molecule has 0 aromatic carbocycles. The van der Waals surface area contributed by atoms with Crippen LogP contribution in [0.1, 0.15) is 17.5 Å². The highest BCUT2D eigenvalue weighted by molar-refractivity contribution is 7.91. The maximum absolute atomic E-state index is 13.1. The molecule has 2 aliphatic rings. The summed E-state index contributed by atoms with van der Waals surface area (Å²) < 4.78 is 33.4. The highest BCUT2D eigenvalue weighted by Gasteiger charge is 2.30. The fourth-order valence-electron chi connectivity index (χ4n) is 3.69. The molecule has 0 spiro atoms. The summed E-state index contributed by atoms with van der Waals surface area (Å²) in [6, 6.07) is 5.31. The predicted molar refractivity (Wildman–Crippen MR) is 123 cm³/mol.